The predicted octanol–water partition coefficient (Wildman–Crippen LogP) is 16.9. The number of thiophene rings is 2. The van der Waals surface area contributed by atoms with Crippen LogP contribution < -0.4 is 0 Å². The van der Waals surface area contributed by atoms with Gasteiger partial charge in [-0.25, -0.2) is 0 Å². The number of hydrogen-bond donors (Lipinski definition) is 0. The molecular formula is C56H31NS2. The number of para-hydroxylation sites is 1. The Kier molecular flexibility index (Phi) is 6.38. The molecule has 3 aromatic heterocycles. The van der Waals surface area contributed by atoms with E-state index in [1.807, 2.05) is 22.7 Å². The molecular weight excluding hydrogens is 751 g/mol. The average molecular weight is 782 g/mol. The van der Waals surface area contributed by atoms with Crippen molar-refractivity contribution in [1.82, 2.24) is 4.57 Å². The second-order valence-electron chi connectivity index (χ2n) is 16.0. The van der Waals surface area contributed by atoms with Gasteiger partial charge in [0.25, 0.3) is 0 Å². The Balaban J connectivity index is 0.962. The Morgan fingerprint density at radius 2 is 0.847 bits per heavy atom. The third-order valence-corrected chi connectivity index (χ3v) is 15.1. The number of nitrogens with zero attached hydrogens (tertiary/aromatic N) is 1. The Bertz CT molecular complexity index is 4030. The zero-order valence-corrected chi connectivity index (χ0v) is 33.3. The van der Waals surface area contributed by atoms with Crippen molar-refractivity contribution < 1.29 is 0 Å². The highest BCUT2D eigenvalue weighted by molar-refractivity contribution is 7.26. The molecule has 11 aromatic carbocycles. The summed E-state index contributed by atoms with van der Waals surface area (Å²) in [6, 6.07) is 70.4. The lowest BCUT2D eigenvalue weighted by molar-refractivity contribution is 1.19. The monoisotopic (exact) mass is 781 g/mol. The van der Waals surface area contributed by atoms with Gasteiger partial charge < -0.3 is 4.57 Å². The van der Waals surface area contributed by atoms with Gasteiger partial charge in [-0.15, -0.1) is 22.7 Å². The summed E-state index contributed by atoms with van der Waals surface area (Å²) >= 11 is 3.82. The molecule has 0 aliphatic heterocycles. The number of rotatable bonds is 3. The summed E-state index contributed by atoms with van der Waals surface area (Å²) in [6.45, 7) is 0. The highest BCUT2D eigenvalue weighted by atomic mass is 32.1. The van der Waals surface area contributed by atoms with Crippen molar-refractivity contribution in [1.29, 1.82) is 0 Å². The summed E-state index contributed by atoms with van der Waals surface area (Å²) in [5, 5.41) is 18.6. The molecule has 3 heteroatoms. The van der Waals surface area contributed by atoms with Crippen LogP contribution in [-0.2, 0) is 0 Å². The third-order valence-electron chi connectivity index (χ3n) is 12.9. The molecule has 0 aliphatic carbocycles. The SMILES string of the molecule is c1ccc(-n2c3cc4sc5cc(-c6cccc(-c7ccc8c9ccccc9c9ccccc9c8c7)c6)ccc5c4c4ccc5cc6sc7ccccc7c6c2c5c43)cc1. The Morgan fingerprint density at radius 3 is 1.61 bits per heavy atom. The van der Waals surface area contributed by atoms with Gasteiger partial charge in [0, 0.05) is 56.8 Å². The summed E-state index contributed by atoms with van der Waals surface area (Å²) in [5.74, 6) is 0. The molecule has 0 unspecified atom stereocenters. The van der Waals surface area contributed by atoms with Crippen LogP contribution in [0.5, 0.6) is 0 Å². The van der Waals surface area contributed by atoms with E-state index in [1.54, 1.807) is 0 Å². The van der Waals surface area contributed by atoms with Crippen molar-refractivity contribution in [3.63, 3.8) is 0 Å². The number of hydrogen-bond acceptors (Lipinski definition) is 2. The van der Waals surface area contributed by atoms with Crippen LogP contribution in [0.15, 0.2) is 188 Å². The van der Waals surface area contributed by atoms with Crippen molar-refractivity contribution in [2.45, 2.75) is 0 Å². The Morgan fingerprint density at radius 1 is 0.288 bits per heavy atom. The van der Waals surface area contributed by atoms with Gasteiger partial charge in [0.15, 0.2) is 0 Å². The van der Waals surface area contributed by atoms with E-state index in [0.29, 0.717) is 0 Å². The van der Waals surface area contributed by atoms with Gasteiger partial charge in [-0.3, -0.25) is 0 Å². The first-order chi connectivity index (χ1) is 29.2. The zero-order chi connectivity index (χ0) is 38.3. The van der Waals surface area contributed by atoms with Gasteiger partial charge in [-0.05, 0) is 114 Å². The number of fused-ring (bicyclic) bond motifs is 14. The van der Waals surface area contributed by atoms with E-state index >= 15 is 0 Å². The van der Waals surface area contributed by atoms with Gasteiger partial charge in [-0.2, -0.15) is 0 Å². The smallest absolute Gasteiger partial charge is 0.0640 e. The van der Waals surface area contributed by atoms with Crippen molar-refractivity contribution in [3.05, 3.63) is 188 Å². The molecule has 14 rings (SSSR count). The highest BCUT2D eigenvalue weighted by Crippen LogP contribution is 2.50. The molecule has 0 saturated heterocycles. The van der Waals surface area contributed by atoms with Crippen molar-refractivity contribution >= 4 is 128 Å². The number of benzene rings is 11. The van der Waals surface area contributed by atoms with E-state index in [0.717, 1.165) is 0 Å². The quantitative estimate of drug-likeness (QED) is 0.157. The van der Waals surface area contributed by atoms with E-state index in [1.165, 1.54) is 133 Å². The van der Waals surface area contributed by atoms with Gasteiger partial charge in [0.1, 0.15) is 0 Å². The van der Waals surface area contributed by atoms with Gasteiger partial charge in [-0.1, -0.05) is 140 Å². The number of aromatic nitrogens is 1. The summed E-state index contributed by atoms with van der Waals surface area (Å²) < 4.78 is 7.86. The molecule has 0 aliphatic rings. The fourth-order valence-electron chi connectivity index (χ4n) is 10.3. The lowest BCUT2D eigenvalue weighted by atomic mass is 9.91. The molecule has 0 bridgehead atoms. The molecule has 0 N–H and O–H groups in total. The second-order valence-corrected chi connectivity index (χ2v) is 18.1. The van der Waals surface area contributed by atoms with Crippen LogP contribution in [0.4, 0.5) is 0 Å². The van der Waals surface area contributed by atoms with E-state index in [9.17, 15) is 0 Å². The Labute approximate surface area is 346 Å². The van der Waals surface area contributed by atoms with Crippen LogP contribution in [0.2, 0.25) is 0 Å². The molecule has 1 nitrogen and oxygen atoms in total. The predicted molar refractivity (Wildman–Crippen MR) is 259 cm³/mol. The van der Waals surface area contributed by atoms with Crippen LogP contribution in [0.25, 0.3) is 133 Å². The first-order valence-corrected chi connectivity index (χ1v) is 21.9. The molecule has 0 fully saturated rings. The maximum atomic E-state index is 2.55. The molecule has 0 amide bonds. The summed E-state index contributed by atoms with van der Waals surface area (Å²) in [5.41, 5.74) is 8.73. The molecule has 0 atom stereocenters. The average Bonchev–Trinajstić information content (AvgIpc) is 3.97. The summed E-state index contributed by atoms with van der Waals surface area (Å²) in [6.07, 6.45) is 0. The molecule has 0 spiro atoms. The molecule has 272 valence electrons. The van der Waals surface area contributed by atoms with E-state index in [-0.39, 0.29) is 0 Å². The van der Waals surface area contributed by atoms with Gasteiger partial charge in [0.2, 0.25) is 0 Å². The minimum atomic E-state index is 1.20. The van der Waals surface area contributed by atoms with Crippen LogP contribution in [0.3, 0.4) is 0 Å². The molecule has 14 aromatic rings. The lowest BCUT2D eigenvalue weighted by Gasteiger charge is -2.12. The topological polar surface area (TPSA) is 4.93 Å². The summed E-state index contributed by atoms with van der Waals surface area (Å²) in [7, 11) is 0. The lowest BCUT2D eigenvalue weighted by Crippen LogP contribution is -1.93. The van der Waals surface area contributed by atoms with E-state index in [4.69, 9.17) is 0 Å². The van der Waals surface area contributed by atoms with Crippen LogP contribution >= 0.6 is 22.7 Å². The van der Waals surface area contributed by atoms with E-state index in [2.05, 4.69) is 193 Å². The van der Waals surface area contributed by atoms with E-state index < -0.39 is 0 Å². The fraction of sp³-hybridized carbons (Fsp3) is 0. The van der Waals surface area contributed by atoms with Crippen LogP contribution in [0.1, 0.15) is 0 Å². The normalized spacial score (nSPS) is 12.4. The first-order valence-electron chi connectivity index (χ1n) is 20.2. The van der Waals surface area contributed by atoms with Crippen molar-refractivity contribution in [2.24, 2.45) is 0 Å². The summed E-state index contributed by atoms with van der Waals surface area (Å²) in [4.78, 5) is 0. The first kappa shape index (κ1) is 32.0. The molecule has 0 saturated carbocycles. The molecule has 0 radical (unpaired) electrons. The van der Waals surface area contributed by atoms with Gasteiger partial charge in [0.05, 0.1) is 11.0 Å². The minimum Gasteiger partial charge on any atom is -0.308 e. The highest BCUT2D eigenvalue weighted by Gasteiger charge is 2.24. The van der Waals surface area contributed by atoms with Crippen molar-refractivity contribution in [3.8, 4) is 27.9 Å². The van der Waals surface area contributed by atoms with Crippen LogP contribution in [-0.4, -0.2) is 4.57 Å². The third kappa shape index (κ3) is 4.38. The standard InChI is InChI=1S/C56H31NS2/c1-2-13-37(14-3-1)57-47-31-51-53(45-26-23-36-30-50-55(56(57)52(36)54(45)47)43-19-8-9-20-48(43)58-50)44-25-22-35(29-49(44)59-51)33-12-10-11-32(27-33)34-21-24-42-40-17-5-4-15-38(40)39-16-6-7-18-41(39)46(42)28-34/h1-31H. The van der Waals surface area contributed by atoms with Crippen molar-refractivity contribution in [2.75, 3.05) is 0 Å². The maximum Gasteiger partial charge on any atom is 0.0640 e. The zero-order valence-electron chi connectivity index (χ0n) is 31.7. The Hall–Kier alpha value is -7.04. The largest absolute Gasteiger partial charge is 0.308 e. The van der Waals surface area contributed by atoms with Crippen LogP contribution in [0, 0.1) is 0 Å². The maximum absolute atomic E-state index is 2.55. The second kappa shape index (κ2) is 11.8. The molecule has 59 heavy (non-hydrogen) atoms. The molecule has 3 heterocycles. The fourth-order valence-corrected chi connectivity index (χ4v) is 12.7. The minimum absolute atomic E-state index is 1.20. The van der Waals surface area contributed by atoms with Gasteiger partial charge >= 0.3 is 0 Å².